The number of aliphatic carboxylic acids is 1. The first-order valence-electron chi connectivity index (χ1n) is 9.09. The van der Waals surface area contributed by atoms with Crippen LogP contribution in [0.15, 0.2) is 48.5 Å². The molecule has 7 heteroatoms. The van der Waals surface area contributed by atoms with Crippen molar-refractivity contribution in [1.29, 1.82) is 0 Å². The van der Waals surface area contributed by atoms with Gasteiger partial charge in [0.25, 0.3) is 0 Å². The lowest BCUT2D eigenvalue weighted by Crippen LogP contribution is -2.39. The number of nitrogens with zero attached hydrogens (tertiary/aromatic N) is 1. The average Bonchev–Trinajstić information content (AvgIpc) is 2.67. The lowest BCUT2D eigenvalue weighted by Gasteiger charge is -2.29. The minimum Gasteiger partial charge on any atom is -0.481 e. The van der Waals surface area contributed by atoms with Crippen LogP contribution >= 0.6 is 0 Å². The number of nitrogens with one attached hydrogen (secondary N) is 1. The van der Waals surface area contributed by atoms with Crippen molar-refractivity contribution in [2.24, 2.45) is 0 Å². The molecule has 2 N–H and O–H groups in total. The predicted octanol–water partition coefficient (Wildman–Crippen LogP) is 2.83. The predicted molar refractivity (Wildman–Crippen MR) is 101 cm³/mol. The van der Waals surface area contributed by atoms with Gasteiger partial charge in [-0.1, -0.05) is 30.3 Å². The Balaban J connectivity index is 1.66. The molecule has 2 aromatic carbocycles. The summed E-state index contributed by atoms with van der Waals surface area (Å²) in [6.45, 7) is 0.213. The lowest BCUT2D eigenvalue weighted by atomic mass is 10.0. The second-order valence-corrected chi connectivity index (χ2v) is 6.69. The third-order valence-electron chi connectivity index (χ3n) is 4.74. The lowest BCUT2D eigenvalue weighted by molar-refractivity contribution is -0.137. The minimum atomic E-state index is -1.07. The molecule has 3 rings (SSSR count). The van der Waals surface area contributed by atoms with Crippen LogP contribution in [-0.2, 0) is 20.8 Å². The molecule has 2 aromatic rings. The third kappa shape index (κ3) is 4.73. The molecule has 0 saturated carbocycles. The van der Waals surface area contributed by atoms with E-state index in [1.165, 1.54) is 24.3 Å². The highest BCUT2D eigenvalue weighted by atomic mass is 19.1. The van der Waals surface area contributed by atoms with E-state index in [1.807, 2.05) is 24.3 Å². The van der Waals surface area contributed by atoms with Crippen molar-refractivity contribution >= 4 is 23.5 Å². The maximum atomic E-state index is 13.1. The Morgan fingerprint density at radius 2 is 1.82 bits per heavy atom. The van der Waals surface area contributed by atoms with Gasteiger partial charge in [-0.3, -0.25) is 14.4 Å². The van der Waals surface area contributed by atoms with Crippen molar-refractivity contribution in [2.45, 2.75) is 31.7 Å². The quantitative estimate of drug-likeness (QED) is 0.769. The second kappa shape index (κ2) is 8.65. The first-order valence-corrected chi connectivity index (χ1v) is 9.09. The summed E-state index contributed by atoms with van der Waals surface area (Å²) in [7, 11) is 0. The van der Waals surface area contributed by atoms with Crippen LogP contribution in [0.5, 0.6) is 0 Å². The molecule has 0 bridgehead atoms. The summed E-state index contributed by atoms with van der Waals surface area (Å²) in [4.78, 5) is 37.4. The average molecular weight is 384 g/mol. The summed E-state index contributed by atoms with van der Waals surface area (Å²) < 4.78 is 13.1. The molecule has 0 fully saturated rings. The molecule has 0 aromatic heterocycles. The van der Waals surface area contributed by atoms with Crippen molar-refractivity contribution < 1.29 is 23.9 Å². The van der Waals surface area contributed by atoms with Crippen molar-refractivity contribution in [2.75, 3.05) is 11.4 Å². The molecule has 0 radical (unpaired) electrons. The van der Waals surface area contributed by atoms with Crippen molar-refractivity contribution in [3.05, 3.63) is 65.5 Å². The number of benzene rings is 2. The Labute approximate surface area is 162 Å². The number of hydrogen-bond acceptors (Lipinski definition) is 3. The van der Waals surface area contributed by atoms with Crippen molar-refractivity contribution in [3.8, 4) is 0 Å². The first-order chi connectivity index (χ1) is 13.4. The summed E-state index contributed by atoms with van der Waals surface area (Å²) in [5, 5.41) is 11.8. The molecule has 1 aliphatic rings. The molecule has 6 nitrogen and oxygen atoms in total. The number of amides is 2. The molecule has 0 aliphatic carbocycles. The fourth-order valence-electron chi connectivity index (χ4n) is 3.34. The zero-order valence-corrected chi connectivity index (χ0v) is 15.2. The second-order valence-electron chi connectivity index (χ2n) is 6.69. The number of anilines is 1. The zero-order chi connectivity index (χ0) is 20.1. The number of carboxylic acids is 1. The number of carboxylic acid groups (broad SMARTS) is 1. The van der Waals surface area contributed by atoms with Gasteiger partial charge in [-0.2, -0.15) is 0 Å². The highest BCUT2D eigenvalue weighted by Gasteiger charge is 2.25. The maximum absolute atomic E-state index is 13.1. The molecular formula is C21H21FN2O4. The van der Waals surface area contributed by atoms with Gasteiger partial charge in [0.2, 0.25) is 11.8 Å². The van der Waals surface area contributed by atoms with E-state index in [-0.39, 0.29) is 31.2 Å². The van der Waals surface area contributed by atoms with E-state index in [1.54, 1.807) is 4.90 Å². The van der Waals surface area contributed by atoms with Gasteiger partial charge in [-0.15, -0.1) is 0 Å². The highest BCUT2D eigenvalue weighted by molar-refractivity contribution is 5.97. The number of fused-ring (bicyclic) bond motifs is 1. The zero-order valence-electron chi connectivity index (χ0n) is 15.2. The third-order valence-corrected chi connectivity index (χ3v) is 4.74. The molecule has 1 aliphatic heterocycles. The van der Waals surface area contributed by atoms with Crippen LogP contribution in [0.2, 0.25) is 0 Å². The highest BCUT2D eigenvalue weighted by Crippen LogP contribution is 2.27. The molecule has 28 heavy (non-hydrogen) atoms. The fraction of sp³-hybridized carbons (Fsp3) is 0.286. The molecule has 1 unspecified atom stereocenters. The number of aryl methyl sites for hydroxylation is 1. The smallest absolute Gasteiger partial charge is 0.305 e. The molecule has 0 spiro atoms. The summed E-state index contributed by atoms with van der Waals surface area (Å²) in [6.07, 6.45) is 0.805. The summed E-state index contributed by atoms with van der Waals surface area (Å²) >= 11 is 0. The van der Waals surface area contributed by atoms with Gasteiger partial charge < -0.3 is 15.3 Å². The Bertz CT molecular complexity index is 882. The fourth-order valence-corrected chi connectivity index (χ4v) is 3.34. The van der Waals surface area contributed by atoms with E-state index in [0.717, 1.165) is 11.3 Å². The van der Waals surface area contributed by atoms with E-state index < -0.39 is 17.8 Å². The van der Waals surface area contributed by atoms with Crippen molar-refractivity contribution in [3.63, 3.8) is 0 Å². The van der Waals surface area contributed by atoms with Crippen LogP contribution in [0, 0.1) is 5.82 Å². The van der Waals surface area contributed by atoms with Crippen molar-refractivity contribution in [1.82, 2.24) is 5.32 Å². The van der Waals surface area contributed by atoms with Gasteiger partial charge >= 0.3 is 5.97 Å². The van der Waals surface area contributed by atoms with Gasteiger partial charge in [0.05, 0.1) is 12.5 Å². The maximum Gasteiger partial charge on any atom is 0.305 e. The normalized spacial score (nSPS) is 14.3. The van der Waals surface area contributed by atoms with Crippen LogP contribution < -0.4 is 10.2 Å². The monoisotopic (exact) mass is 384 g/mol. The molecule has 1 atom stereocenters. The Morgan fingerprint density at radius 3 is 2.54 bits per heavy atom. The van der Waals surface area contributed by atoms with Crippen LogP contribution in [0.1, 0.15) is 36.4 Å². The Kier molecular flexibility index (Phi) is 6.03. The number of para-hydroxylation sites is 1. The van der Waals surface area contributed by atoms with Gasteiger partial charge in [-0.25, -0.2) is 4.39 Å². The number of carbonyl (C=O) groups is 3. The standard InChI is InChI=1S/C21H21FN2O4/c22-16-8-5-14(6-9-16)17(13-21(27)28)23-19(25)11-12-24-18-4-2-1-3-15(18)7-10-20(24)26/h1-6,8-9,17H,7,10-13H2,(H,23,25)(H,27,28). The molecule has 0 saturated heterocycles. The van der Waals surface area contributed by atoms with Crippen LogP contribution in [0.4, 0.5) is 10.1 Å². The topological polar surface area (TPSA) is 86.7 Å². The van der Waals surface area contributed by atoms with Gasteiger partial charge in [0.15, 0.2) is 0 Å². The van der Waals surface area contributed by atoms with E-state index in [2.05, 4.69) is 5.32 Å². The summed E-state index contributed by atoms with van der Waals surface area (Å²) in [5.74, 6) is -1.92. The van der Waals surface area contributed by atoms with E-state index in [0.29, 0.717) is 18.4 Å². The number of hydrogen-bond donors (Lipinski definition) is 2. The summed E-state index contributed by atoms with van der Waals surface area (Å²) in [5.41, 5.74) is 2.39. The Morgan fingerprint density at radius 1 is 1.11 bits per heavy atom. The van der Waals surface area contributed by atoms with E-state index in [9.17, 15) is 18.8 Å². The number of halogens is 1. The van der Waals surface area contributed by atoms with Gasteiger partial charge in [0.1, 0.15) is 5.82 Å². The Hall–Kier alpha value is -3.22. The number of carbonyl (C=O) groups excluding carboxylic acids is 2. The summed E-state index contributed by atoms with van der Waals surface area (Å²) in [6, 6.07) is 12.2. The number of rotatable bonds is 7. The van der Waals surface area contributed by atoms with E-state index >= 15 is 0 Å². The van der Waals surface area contributed by atoms with Crippen LogP contribution in [0.3, 0.4) is 0 Å². The largest absolute Gasteiger partial charge is 0.481 e. The first kappa shape index (κ1) is 19.5. The SMILES string of the molecule is O=C(O)CC(NC(=O)CCN1C(=O)CCc2ccccc21)c1ccc(F)cc1. The molecular weight excluding hydrogens is 363 g/mol. The van der Waals surface area contributed by atoms with Gasteiger partial charge in [-0.05, 0) is 35.7 Å². The molecule has 146 valence electrons. The van der Waals surface area contributed by atoms with Crippen LogP contribution in [0.25, 0.3) is 0 Å². The molecule has 2 amide bonds. The molecule has 1 heterocycles. The van der Waals surface area contributed by atoms with E-state index in [4.69, 9.17) is 5.11 Å². The minimum absolute atomic E-state index is 0.0351. The van der Waals surface area contributed by atoms with Crippen LogP contribution in [-0.4, -0.2) is 29.4 Å². The van der Waals surface area contributed by atoms with Gasteiger partial charge in [0, 0.05) is 25.1 Å².